The molecule has 3 rings (SSSR count). The highest BCUT2D eigenvalue weighted by Gasteiger charge is 2.20. The van der Waals surface area contributed by atoms with Crippen LogP contribution in [0.25, 0.3) is 16.7 Å². The Morgan fingerprint density at radius 1 is 1.21 bits per heavy atom. The fourth-order valence-corrected chi connectivity index (χ4v) is 2.96. The highest BCUT2D eigenvalue weighted by atomic mass is 35.5. The normalized spacial score (nSPS) is 10.9. The van der Waals surface area contributed by atoms with E-state index in [1.165, 1.54) is 6.92 Å². The molecule has 1 aromatic carbocycles. The molecule has 0 saturated carbocycles. The van der Waals surface area contributed by atoms with Crippen molar-refractivity contribution < 1.29 is 14.3 Å². The molecular formula is C16H13Cl2N3O3. The average molecular weight is 366 g/mol. The number of methoxy groups -OCH3 is 1. The quantitative estimate of drug-likeness (QED) is 0.399. The summed E-state index contributed by atoms with van der Waals surface area (Å²) in [6.07, 6.45) is 0. The molecule has 0 N–H and O–H groups in total. The molecule has 6 nitrogen and oxygen atoms in total. The predicted molar refractivity (Wildman–Crippen MR) is 91.5 cm³/mol. The lowest BCUT2D eigenvalue weighted by Crippen LogP contribution is -2.04. The van der Waals surface area contributed by atoms with E-state index >= 15 is 0 Å². The summed E-state index contributed by atoms with van der Waals surface area (Å²) in [5.74, 6) is 1.14. The zero-order chi connectivity index (χ0) is 17.4. The van der Waals surface area contributed by atoms with Crippen LogP contribution in [0.3, 0.4) is 0 Å². The van der Waals surface area contributed by atoms with Crippen molar-refractivity contribution >= 4 is 40.1 Å². The van der Waals surface area contributed by atoms with Crippen LogP contribution >= 0.6 is 23.2 Å². The first-order valence-electron chi connectivity index (χ1n) is 6.98. The molecular weight excluding hydrogens is 353 g/mol. The Kier molecular flexibility index (Phi) is 4.34. The van der Waals surface area contributed by atoms with Crippen molar-refractivity contribution in [1.29, 1.82) is 0 Å². The van der Waals surface area contributed by atoms with Crippen LogP contribution in [0, 0.1) is 6.92 Å². The number of nitrogens with zero attached hydrogens (tertiary/aromatic N) is 3. The predicted octanol–water partition coefficient (Wildman–Crippen LogP) is 3.97. The minimum atomic E-state index is -0.418. The molecule has 3 aromatic rings. The van der Waals surface area contributed by atoms with Gasteiger partial charge in [-0.3, -0.25) is 9.36 Å². The van der Waals surface area contributed by atoms with E-state index in [0.717, 1.165) is 5.52 Å². The molecule has 0 aliphatic rings. The number of hydrogen-bond acceptors (Lipinski definition) is 5. The maximum Gasteiger partial charge on any atom is 0.308 e. The van der Waals surface area contributed by atoms with Crippen molar-refractivity contribution in [1.82, 2.24) is 14.5 Å². The van der Waals surface area contributed by atoms with Gasteiger partial charge in [-0.05, 0) is 36.7 Å². The molecule has 0 aliphatic carbocycles. The van der Waals surface area contributed by atoms with Crippen LogP contribution in [0.5, 0.6) is 11.5 Å². The third-order valence-electron chi connectivity index (χ3n) is 3.48. The number of aromatic nitrogens is 3. The lowest BCUT2D eigenvalue weighted by Gasteiger charge is -2.08. The van der Waals surface area contributed by atoms with Gasteiger partial charge in [0.2, 0.25) is 5.28 Å². The molecule has 0 amide bonds. The van der Waals surface area contributed by atoms with Gasteiger partial charge in [-0.15, -0.1) is 0 Å². The summed E-state index contributed by atoms with van der Waals surface area (Å²) < 4.78 is 12.5. The molecule has 0 atom stereocenters. The molecule has 0 bridgehead atoms. The lowest BCUT2D eigenvalue weighted by atomic mass is 10.2. The summed E-state index contributed by atoms with van der Waals surface area (Å²) in [5.41, 5.74) is 1.45. The number of esters is 1. The van der Waals surface area contributed by atoms with Gasteiger partial charge >= 0.3 is 5.97 Å². The average Bonchev–Trinajstić information content (AvgIpc) is 2.77. The number of carbonyl (C=O) groups excluding carboxylic acids is 1. The Bertz CT molecular complexity index is 933. The van der Waals surface area contributed by atoms with Crippen molar-refractivity contribution in [2.45, 2.75) is 13.8 Å². The monoisotopic (exact) mass is 365 g/mol. The third-order valence-corrected chi connectivity index (χ3v) is 3.84. The number of hydrogen-bond donors (Lipinski definition) is 0. The van der Waals surface area contributed by atoms with Gasteiger partial charge in [0, 0.05) is 18.4 Å². The molecule has 8 heteroatoms. The van der Waals surface area contributed by atoms with E-state index in [4.69, 9.17) is 32.7 Å². The highest BCUT2D eigenvalue weighted by molar-refractivity contribution is 6.31. The van der Waals surface area contributed by atoms with Crippen LogP contribution in [0.15, 0.2) is 24.3 Å². The molecule has 2 heterocycles. The summed E-state index contributed by atoms with van der Waals surface area (Å²) >= 11 is 11.9. The number of ether oxygens (including phenoxy) is 2. The van der Waals surface area contributed by atoms with E-state index in [0.29, 0.717) is 28.4 Å². The number of carbonyl (C=O) groups is 1. The zero-order valence-corrected chi connectivity index (χ0v) is 14.6. The second-order valence-corrected chi connectivity index (χ2v) is 5.77. The van der Waals surface area contributed by atoms with Crippen LogP contribution in [-0.4, -0.2) is 27.6 Å². The topological polar surface area (TPSA) is 66.2 Å². The van der Waals surface area contributed by atoms with E-state index in [1.807, 2.05) is 13.0 Å². The molecule has 124 valence electrons. The number of halogens is 2. The second kappa shape index (κ2) is 6.30. The van der Waals surface area contributed by atoms with Gasteiger partial charge in [0.1, 0.15) is 16.7 Å². The first kappa shape index (κ1) is 16.5. The van der Waals surface area contributed by atoms with Gasteiger partial charge < -0.3 is 9.47 Å². The van der Waals surface area contributed by atoms with E-state index in [9.17, 15) is 4.79 Å². The summed E-state index contributed by atoms with van der Waals surface area (Å²) in [4.78, 5) is 19.6. The Labute approximate surface area is 147 Å². The minimum Gasteiger partial charge on any atom is -0.497 e. The van der Waals surface area contributed by atoms with E-state index in [-0.39, 0.29) is 10.4 Å². The fraction of sp³-hybridized carbons (Fsp3) is 0.188. The molecule has 2 aromatic heterocycles. The Balaban J connectivity index is 2.35. The van der Waals surface area contributed by atoms with Crippen molar-refractivity contribution in [3.63, 3.8) is 0 Å². The molecule has 0 radical (unpaired) electrons. The van der Waals surface area contributed by atoms with Crippen LogP contribution in [0.4, 0.5) is 0 Å². The maximum atomic E-state index is 11.5. The summed E-state index contributed by atoms with van der Waals surface area (Å²) in [5, 5.41) is 0.961. The largest absolute Gasteiger partial charge is 0.497 e. The Hall–Kier alpha value is -2.31. The van der Waals surface area contributed by atoms with Crippen LogP contribution in [0.2, 0.25) is 10.4 Å². The molecule has 0 spiro atoms. The third kappa shape index (κ3) is 2.90. The molecule has 0 unspecified atom stereocenters. The number of benzene rings is 1. The smallest absolute Gasteiger partial charge is 0.308 e. The SMILES string of the molecule is COc1ccc2c(c1)c(OC(C)=O)c(C)n2-c1cc(Cl)nc(Cl)n1. The first-order valence-corrected chi connectivity index (χ1v) is 7.74. The summed E-state index contributed by atoms with van der Waals surface area (Å²) in [6.45, 7) is 3.16. The van der Waals surface area contributed by atoms with E-state index in [2.05, 4.69) is 9.97 Å². The van der Waals surface area contributed by atoms with Gasteiger partial charge in [0.15, 0.2) is 5.75 Å². The van der Waals surface area contributed by atoms with Crippen molar-refractivity contribution in [2.75, 3.05) is 7.11 Å². The standard InChI is InChI=1S/C16H13Cl2N3O3/c1-8-15(24-9(2)22)11-6-10(23-3)4-5-12(11)21(8)14-7-13(17)19-16(18)20-14/h4-7H,1-3H3. The van der Waals surface area contributed by atoms with Gasteiger partial charge in [-0.2, -0.15) is 4.98 Å². The van der Waals surface area contributed by atoms with Gasteiger partial charge in [-0.25, -0.2) is 4.98 Å². The Morgan fingerprint density at radius 3 is 2.58 bits per heavy atom. The molecule has 24 heavy (non-hydrogen) atoms. The van der Waals surface area contributed by atoms with Gasteiger partial charge in [0.25, 0.3) is 0 Å². The highest BCUT2D eigenvalue weighted by Crippen LogP contribution is 2.37. The van der Waals surface area contributed by atoms with Gasteiger partial charge in [-0.1, -0.05) is 11.6 Å². The summed E-state index contributed by atoms with van der Waals surface area (Å²) in [7, 11) is 1.57. The second-order valence-electron chi connectivity index (χ2n) is 5.04. The van der Waals surface area contributed by atoms with Crippen molar-refractivity contribution in [3.8, 4) is 17.3 Å². The Morgan fingerprint density at radius 2 is 1.96 bits per heavy atom. The maximum absolute atomic E-state index is 11.5. The molecule has 0 saturated heterocycles. The van der Waals surface area contributed by atoms with Crippen LogP contribution in [0.1, 0.15) is 12.6 Å². The molecule has 0 aliphatic heterocycles. The zero-order valence-electron chi connectivity index (χ0n) is 13.1. The van der Waals surface area contributed by atoms with E-state index < -0.39 is 5.97 Å². The minimum absolute atomic E-state index is 0.0290. The van der Waals surface area contributed by atoms with Crippen molar-refractivity contribution in [3.05, 3.63) is 40.4 Å². The van der Waals surface area contributed by atoms with Gasteiger partial charge in [0.05, 0.1) is 18.3 Å². The summed E-state index contributed by atoms with van der Waals surface area (Å²) in [6, 6.07) is 7.03. The number of rotatable bonds is 3. The van der Waals surface area contributed by atoms with Crippen molar-refractivity contribution in [2.24, 2.45) is 0 Å². The van der Waals surface area contributed by atoms with E-state index in [1.54, 1.807) is 29.9 Å². The fourth-order valence-electron chi connectivity index (χ4n) is 2.56. The number of fused-ring (bicyclic) bond motifs is 1. The molecule has 0 fully saturated rings. The van der Waals surface area contributed by atoms with Crippen LogP contribution < -0.4 is 9.47 Å². The van der Waals surface area contributed by atoms with Crippen LogP contribution in [-0.2, 0) is 4.79 Å². The lowest BCUT2D eigenvalue weighted by molar-refractivity contribution is -0.131. The first-order chi connectivity index (χ1) is 11.4.